The van der Waals surface area contributed by atoms with Crippen LogP contribution in [-0.4, -0.2) is 34.6 Å². The van der Waals surface area contributed by atoms with Gasteiger partial charge in [-0.05, 0) is 38.6 Å². The average molecular weight is 358 g/mol. The molecule has 0 heterocycles. The number of ether oxygens (including phenoxy) is 1. The first-order valence-electron chi connectivity index (χ1n) is 7.29. The summed E-state index contributed by atoms with van der Waals surface area (Å²) >= 11 is 9.19. The summed E-state index contributed by atoms with van der Waals surface area (Å²) in [6.45, 7) is 6.91. The molecule has 0 radical (unpaired) electrons. The summed E-state index contributed by atoms with van der Waals surface area (Å²) in [4.78, 5) is 11.5. The van der Waals surface area contributed by atoms with E-state index in [1.807, 2.05) is 30.4 Å². The maximum Gasteiger partial charge on any atom is 0.319 e. The monoisotopic (exact) mass is 357 g/mol. The van der Waals surface area contributed by atoms with Gasteiger partial charge in [-0.3, -0.25) is 10.1 Å². The third-order valence-electron chi connectivity index (χ3n) is 2.57. The van der Waals surface area contributed by atoms with Crippen LogP contribution in [0.25, 0.3) is 0 Å². The predicted octanol–water partition coefficient (Wildman–Crippen LogP) is 3.69. The number of carbonyl (C=O) groups excluding carboxylic acids is 1. The highest BCUT2D eigenvalue weighted by atomic mass is 32.4. The van der Waals surface area contributed by atoms with Crippen LogP contribution in [0.3, 0.4) is 0 Å². The Balaban J connectivity index is 4.46. The molecule has 1 unspecified atom stereocenters. The number of nitrogens with one attached hydrogen (secondary N) is 1. The zero-order chi connectivity index (χ0) is 15.3. The Morgan fingerprint density at radius 3 is 2.15 bits per heavy atom. The Bertz CT molecular complexity index is 270. The van der Waals surface area contributed by atoms with E-state index in [0.29, 0.717) is 6.61 Å². The van der Waals surface area contributed by atoms with E-state index in [4.69, 9.17) is 16.5 Å². The maximum absolute atomic E-state index is 11.5. The molecule has 120 valence electrons. The van der Waals surface area contributed by atoms with Gasteiger partial charge in [-0.1, -0.05) is 26.7 Å². The molecule has 0 bridgehead atoms. The van der Waals surface area contributed by atoms with Gasteiger partial charge in [-0.15, -0.1) is 35.3 Å². The first kappa shape index (κ1) is 20.8. The Kier molecular flexibility index (Phi) is 14.0. The van der Waals surface area contributed by atoms with Crippen molar-refractivity contribution in [1.82, 2.24) is 5.32 Å². The van der Waals surface area contributed by atoms with Crippen molar-refractivity contribution in [2.75, 3.05) is 24.7 Å². The first-order chi connectivity index (χ1) is 9.64. The molecule has 0 aromatic carbocycles. The molecule has 0 saturated carbocycles. The van der Waals surface area contributed by atoms with E-state index in [9.17, 15) is 4.79 Å². The molecule has 0 aliphatic carbocycles. The molecular formula is C13H28NO2PS3. The van der Waals surface area contributed by atoms with Crippen molar-refractivity contribution in [3.63, 3.8) is 0 Å². The smallest absolute Gasteiger partial charge is 0.319 e. The number of carbonyl (C=O) groups is 1. The van der Waals surface area contributed by atoms with Gasteiger partial charge in [0.2, 0.25) is 0 Å². The van der Waals surface area contributed by atoms with E-state index < -0.39 is 0 Å². The molecule has 0 aliphatic rings. The topological polar surface area (TPSA) is 38.3 Å². The lowest BCUT2D eigenvalue weighted by Crippen LogP contribution is -2.38. The Hall–Kier alpha value is 0.780. The number of esters is 1. The lowest BCUT2D eigenvalue weighted by atomic mass is 10.4. The van der Waals surface area contributed by atoms with Gasteiger partial charge in [-0.2, -0.15) is 0 Å². The number of unbranched alkanes of at least 4 members (excludes halogenated alkanes) is 2. The Morgan fingerprint density at radius 1 is 1.20 bits per heavy atom. The molecule has 0 fully saturated rings. The largest absolute Gasteiger partial charge is 0.465 e. The van der Waals surface area contributed by atoms with Gasteiger partial charge in [0.15, 0.2) is 0 Å². The lowest BCUT2D eigenvalue weighted by molar-refractivity contribution is -0.141. The van der Waals surface area contributed by atoms with Gasteiger partial charge in [0.1, 0.15) is 3.94 Å². The Labute approximate surface area is 138 Å². The molecule has 0 spiro atoms. The molecule has 0 aliphatic heterocycles. The minimum absolute atomic E-state index is 0.146. The van der Waals surface area contributed by atoms with Crippen molar-refractivity contribution >= 4 is 48.7 Å². The average Bonchev–Trinajstić information content (AvgIpc) is 2.45. The third kappa shape index (κ3) is 9.67. The zero-order valence-electron chi connectivity index (χ0n) is 12.8. The van der Waals surface area contributed by atoms with E-state index in [2.05, 4.69) is 19.2 Å². The summed E-state index contributed by atoms with van der Waals surface area (Å²) < 4.78 is 4.84. The number of hydrogen-bond donors (Lipinski definition) is 1. The predicted molar refractivity (Wildman–Crippen MR) is 99.2 cm³/mol. The highest BCUT2D eigenvalue weighted by molar-refractivity contribution is 8.27. The molecule has 7 heteroatoms. The maximum atomic E-state index is 11.5. The molecule has 20 heavy (non-hydrogen) atoms. The highest BCUT2D eigenvalue weighted by Crippen LogP contribution is 2.44. The van der Waals surface area contributed by atoms with Crippen LogP contribution in [0, 0.1) is 0 Å². The van der Waals surface area contributed by atoms with Crippen molar-refractivity contribution in [3.05, 3.63) is 0 Å². The molecule has 0 aromatic heterocycles. The van der Waals surface area contributed by atoms with Crippen LogP contribution < -0.4 is 5.32 Å². The number of rotatable bonds is 13. The minimum Gasteiger partial charge on any atom is -0.465 e. The number of thioether (sulfide) groups is 2. The van der Waals surface area contributed by atoms with E-state index in [-0.39, 0.29) is 23.8 Å². The van der Waals surface area contributed by atoms with Crippen molar-refractivity contribution in [2.24, 2.45) is 0 Å². The van der Waals surface area contributed by atoms with Gasteiger partial charge in [0.25, 0.3) is 0 Å². The summed E-state index contributed by atoms with van der Waals surface area (Å²) in [5, 5.41) is 3.37. The molecular weight excluding hydrogens is 329 g/mol. The molecule has 3 nitrogen and oxygen atoms in total. The van der Waals surface area contributed by atoms with Crippen LogP contribution >= 0.6 is 30.9 Å². The van der Waals surface area contributed by atoms with Gasteiger partial charge < -0.3 is 4.74 Å². The summed E-state index contributed by atoms with van der Waals surface area (Å²) in [5.74, 6) is 2.00. The van der Waals surface area contributed by atoms with Crippen LogP contribution in [0.15, 0.2) is 0 Å². The lowest BCUT2D eigenvalue weighted by Gasteiger charge is -2.30. The molecule has 0 aromatic rings. The van der Waals surface area contributed by atoms with Gasteiger partial charge in [0, 0.05) is 0 Å². The zero-order valence-corrected chi connectivity index (χ0v) is 16.4. The van der Waals surface area contributed by atoms with Crippen LogP contribution in [0.2, 0.25) is 0 Å². The van der Waals surface area contributed by atoms with Crippen molar-refractivity contribution in [2.45, 2.75) is 50.4 Å². The fraction of sp³-hybridized carbons (Fsp3) is 0.923. The van der Waals surface area contributed by atoms with Gasteiger partial charge >= 0.3 is 5.97 Å². The molecule has 0 amide bonds. The summed E-state index contributed by atoms with van der Waals surface area (Å²) in [6.07, 6.45) is 4.76. The fourth-order valence-electron chi connectivity index (χ4n) is 1.40. The second-order valence-electron chi connectivity index (χ2n) is 4.35. The normalized spacial score (nSPS) is 12.2. The SMILES string of the molecule is CCCCSC(NCC(=O)OCC)([PH2]=S)SCCCC. The quantitative estimate of drug-likeness (QED) is 0.235. The summed E-state index contributed by atoms with van der Waals surface area (Å²) in [7, 11) is -0.184. The van der Waals surface area contributed by atoms with Crippen molar-refractivity contribution in [1.29, 1.82) is 0 Å². The van der Waals surface area contributed by atoms with E-state index in [1.165, 1.54) is 25.7 Å². The second kappa shape index (κ2) is 13.4. The standard InChI is InChI=1S/C13H28NO2PS3/c1-4-7-9-19-13(17-18,20-10-8-5-2)14-11-12(15)16-6-3/h14H,4-11,17H2,1-3H3. The Morgan fingerprint density at radius 2 is 1.75 bits per heavy atom. The summed E-state index contributed by atoms with van der Waals surface area (Å²) in [5.41, 5.74) is 0. The first-order valence-corrected chi connectivity index (χ1v) is 11.7. The van der Waals surface area contributed by atoms with Crippen LogP contribution in [0.5, 0.6) is 0 Å². The van der Waals surface area contributed by atoms with E-state index >= 15 is 0 Å². The molecule has 0 rings (SSSR count). The molecule has 1 N–H and O–H groups in total. The summed E-state index contributed by atoms with van der Waals surface area (Å²) in [6, 6.07) is 0. The minimum atomic E-state index is -0.188. The molecule has 1 atom stereocenters. The fourth-order valence-corrected chi connectivity index (χ4v) is 6.96. The highest BCUT2D eigenvalue weighted by Gasteiger charge is 2.28. The molecule has 0 saturated heterocycles. The van der Waals surface area contributed by atoms with Gasteiger partial charge in [-0.25, -0.2) is 0 Å². The van der Waals surface area contributed by atoms with Crippen molar-refractivity contribution < 1.29 is 9.53 Å². The third-order valence-corrected chi connectivity index (χ3v) is 9.58. The van der Waals surface area contributed by atoms with Crippen molar-refractivity contribution in [3.8, 4) is 0 Å². The van der Waals surface area contributed by atoms with Crippen LogP contribution in [0.4, 0.5) is 0 Å². The van der Waals surface area contributed by atoms with Crippen LogP contribution in [0.1, 0.15) is 46.5 Å². The second-order valence-corrected chi connectivity index (χ2v) is 9.93. The number of hydrogen-bond acceptors (Lipinski definition) is 6. The van der Waals surface area contributed by atoms with Gasteiger partial charge in [0.05, 0.1) is 13.2 Å². The van der Waals surface area contributed by atoms with Crippen LogP contribution in [-0.2, 0) is 21.3 Å². The van der Waals surface area contributed by atoms with E-state index in [0.717, 1.165) is 11.5 Å². The van der Waals surface area contributed by atoms with E-state index in [1.54, 1.807) is 0 Å².